The van der Waals surface area contributed by atoms with Gasteiger partial charge in [-0.05, 0) is 18.7 Å². The van der Waals surface area contributed by atoms with Crippen LogP contribution < -0.4 is 5.32 Å². The number of hydrogen-bond donors (Lipinski definition) is 4. The normalized spacial score (nSPS) is 11.7. The number of rotatable bonds is 9. The average Bonchev–Trinajstić information content (AvgIpc) is 2.82. The fourth-order valence-electron chi connectivity index (χ4n) is 2.69. The van der Waals surface area contributed by atoms with Crippen LogP contribution in [0.4, 0.5) is 21.5 Å². The Kier molecular flexibility index (Phi) is 10.1. The minimum atomic E-state index is -4.69. The van der Waals surface area contributed by atoms with Crippen LogP contribution in [-0.2, 0) is 32.1 Å². The fourth-order valence-corrected chi connectivity index (χ4v) is 3.21. The molecular weight excluding hydrogens is 533 g/mol. The van der Waals surface area contributed by atoms with Gasteiger partial charge in [-0.15, -0.1) is 22.4 Å². The van der Waals surface area contributed by atoms with Crippen LogP contribution in [0.25, 0.3) is 5.43 Å². The van der Waals surface area contributed by atoms with Gasteiger partial charge in [-0.2, -0.15) is 20.0 Å². The zero-order valence-corrected chi connectivity index (χ0v) is 19.3. The van der Waals surface area contributed by atoms with Crippen molar-refractivity contribution < 1.29 is 49.7 Å². The summed E-state index contributed by atoms with van der Waals surface area (Å²) in [7, 11) is -4.69. The van der Waals surface area contributed by atoms with Crippen molar-refractivity contribution in [1.82, 2.24) is 0 Å². The van der Waals surface area contributed by atoms with Crippen molar-refractivity contribution in [3.8, 4) is 5.75 Å². The van der Waals surface area contributed by atoms with Gasteiger partial charge in [-0.25, -0.2) is 10.1 Å². The number of phenols is 1. The van der Waals surface area contributed by atoms with Crippen LogP contribution in [0.15, 0.2) is 87.0 Å². The molecule has 0 aliphatic heterocycles. The molecule has 0 bridgehead atoms. The van der Waals surface area contributed by atoms with E-state index in [1.165, 1.54) is 0 Å². The molecule has 35 heavy (non-hydrogen) atoms. The van der Waals surface area contributed by atoms with E-state index >= 15 is 0 Å². The third kappa shape index (κ3) is 7.48. The molecule has 0 spiro atoms. The van der Waals surface area contributed by atoms with Crippen molar-refractivity contribution in [3.05, 3.63) is 89.9 Å². The monoisotopic (exact) mass is 550 g/mol. The van der Waals surface area contributed by atoms with Gasteiger partial charge in [-0.1, -0.05) is 36.4 Å². The molecule has 3 aromatic rings. The summed E-state index contributed by atoms with van der Waals surface area (Å²) in [6, 6.07) is 16.8. The van der Waals surface area contributed by atoms with Crippen LogP contribution in [0, 0.1) is 6.61 Å². The molecule has 0 heterocycles. The van der Waals surface area contributed by atoms with Gasteiger partial charge in [0.15, 0.2) is 18.4 Å². The molecule has 0 fully saturated rings. The molecule has 187 valence electrons. The molecule has 11 nitrogen and oxygen atoms in total. The Morgan fingerprint density at radius 1 is 1.11 bits per heavy atom. The van der Waals surface area contributed by atoms with Crippen LogP contribution in [0.3, 0.4) is 0 Å². The Morgan fingerprint density at radius 2 is 1.80 bits per heavy atom. The first-order chi connectivity index (χ1) is 16.3. The van der Waals surface area contributed by atoms with E-state index in [4.69, 9.17) is 5.26 Å². The van der Waals surface area contributed by atoms with Crippen molar-refractivity contribution in [2.75, 3.05) is 12.1 Å². The van der Waals surface area contributed by atoms with Crippen LogP contribution in [0.1, 0.15) is 11.1 Å². The number of benzene rings is 3. The largest absolute Gasteiger partial charge is 2.00 e. The van der Waals surface area contributed by atoms with E-state index in [-0.39, 0.29) is 34.3 Å². The van der Waals surface area contributed by atoms with E-state index in [0.717, 1.165) is 18.7 Å². The molecule has 0 aliphatic rings. The second kappa shape index (κ2) is 12.8. The number of azo groups is 1. The molecule has 3 aromatic carbocycles. The Labute approximate surface area is 210 Å². The molecule has 4 N–H and O–H groups in total. The number of nitrogens with zero attached hydrogens (tertiary/aromatic N) is 4. The standard InChI is InChI=1S/C21H18FN5O6S.Cu/c22-13-23-18-10-16(34(30,31)32)11-19(20(18)28)25-27-21(14-6-2-1-3-7-14)26-24-17-9-5-4-8-15(17)12-33-29;/h1-12H,13H2,(H4-,23,24,25,26,27,28,29,30,31,32);/q-2;+2. The second-order valence-electron chi connectivity index (χ2n) is 6.50. The number of amidine groups is 1. The van der Waals surface area contributed by atoms with Gasteiger partial charge >= 0.3 is 17.1 Å². The van der Waals surface area contributed by atoms with Gasteiger partial charge in [0.2, 0.25) is 0 Å². The van der Waals surface area contributed by atoms with Gasteiger partial charge in [0, 0.05) is 5.56 Å². The summed E-state index contributed by atoms with van der Waals surface area (Å²) in [4.78, 5) is 3.41. The summed E-state index contributed by atoms with van der Waals surface area (Å²) in [6.07, 6.45) is 0. The number of hydrogen-bond acceptors (Lipinski definition) is 8. The number of anilines is 1. The van der Waals surface area contributed by atoms with Crippen LogP contribution in [0.2, 0.25) is 0 Å². The molecule has 14 heteroatoms. The van der Waals surface area contributed by atoms with E-state index in [1.54, 1.807) is 54.6 Å². The smallest absolute Gasteiger partial charge is 0.631 e. The predicted molar refractivity (Wildman–Crippen MR) is 122 cm³/mol. The van der Waals surface area contributed by atoms with Crippen LogP contribution in [0.5, 0.6) is 5.75 Å². The van der Waals surface area contributed by atoms with Crippen molar-refractivity contribution in [2.24, 2.45) is 15.3 Å². The zero-order chi connectivity index (χ0) is 24.6. The Hall–Kier alpha value is -3.52. The Bertz CT molecular complexity index is 1310. The molecule has 0 aliphatic carbocycles. The molecule has 1 radical (unpaired) electrons. The molecule has 3 rings (SSSR count). The van der Waals surface area contributed by atoms with Gasteiger partial charge in [0.05, 0.1) is 10.6 Å². The zero-order valence-electron chi connectivity index (χ0n) is 17.6. The summed E-state index contributed by atoms with van der Waals surface area (Å²) in [5.74, 6) is -0.629. The number of phenolic OH excluding ortho intramolecular Hbond substituents is 1. The summed E-state index contributed by atoms with van der Waals surface area (Å²) in [6.45, 7) is -0.0705. The summed E-state index contributed by atoms with van der Waals surface area (Å²) < 4.78 is 45.3. The van der Waals surface area contributed by atoms with E-state index in [9.17, 15) is 22.5 Å². The van der Waals surface area contributed by atoms with Crippen molar-refractivity contribution in [1.29, 1.82) is 0 Å². The molecule has 0 atom stereocenters. The topological polar surface area (TPSA) is 167 Å². The third-order valence-electron chi connectivity index (χ3n) is 4.27. The minimum Gasteiger partial charge on any atom is -0.631 e. The van der Waals surface area contributed by atoms with E-state index in [2.05, 4.69) is 31.0 Å². The number of halogens is 1. The van der Waals surface area contributed by atoms with E-state index in [1.807, 2.05) is 0 Å². The minimum absolute atomic E-state index is 0. The van der Waals surface area contributed by atoms with Crippen molar-refractivity contribution >= 4 is 33.0 Å². The van der Waals surface area contributed by atoms with Crippen molar-refractivity contribution in [3.63, 3.8) is 0 Å². The van der Waals surface area contributed by atoms with Gasteiger partial charge in [0.1, 0.15) is 5.69 Å². The van der Waals surface area contributed by atoms with Gasteiger partial charge in [0.25, 0.3) is 10.1 Å². The third-order valence-corrected chi connectivity index (χ3v) is 5.10. The second-order valence-corrected chi connectivity index (χ2v) is 7.92. The fraction of sp³-hybridized carbons (Fsp3) is 0.0476. The maximum atomic E-state index is 12.8. The number of alkyl halides is 1. The molecule has 0 amide bonds. The Balaban J connectivity index is 0.00000432. The van der Waals surface area contributed by atoms with Crippen molar-refractivity contribution in [2.45, 2.75) is 4.90 Å². The summed E-state index contributed by atoms with van der Waals surface area (Å²) in [5, 5.41) is 33.1. The molecule has 0 saturated heterocycles. The van der Waals surface area contributed by atoms with Crippen LogP contribution in [-0.4, -0.2) is 36.0 Å². The molecular formula is C21H18CuFN5O6S. The van der Waals surface area contributed by atoms with E-state index < -0.39 is 27.6 Å². The Morgan fingerprint density at radius 3 is 2.46 bits per heavy atom. The SMILES string of the molecule is O=S(=O)(O)c1cc(N=N/C(=N\[N-]c2ccccc2[CH-]OO)c2ccccc2)c(O)c(NCF)c1.[Cu+2]. The quantitative estimate of drug-likeness (QED) is 0.0274. The van der Waals surface area contributed by atoms with Gasteiger partial charge < -0.3 is 21.0 Å². The van der Waals surface area contributed by atoms with E-state index in [0.29, 0.717) is 16.8 Å². The maximum Gasteiger partial charge on any atom is 2.00 e. The predicted octanol–water partition coefficient (Wildman–Crippen LogP) is 5.13. The van der Waals surface area contributed by atoms with Crippen LogP contribution >= 0.6 is 0 Å². The number of nitrogens with one attached hydrogen (secondary N) is 1. The maximum absolute atomic E-state index is 12.8. The molecule has 0 unspecified atom stereocenters. The first-order valence-electron chi connectivity index (χ1n) is 9.46. The number of aromatic hydroxyl groups is 1. The first-order valence-corrected chi connectivity index (χ1v) is 10.9. The average molecular weight is 551 g/mol. The molecule has 0 saturated carbocycles. The van der Waals surface area contributed by atoms with Gasteiger partial charge in [-0.3, -0.25) is 14.7 Å². The molecule has 0 aromatic heterocycles. The summed E-state index contributed by atoms with van der Waals surface area (Å²) >= 11 is 0. The summed E-state index contributed by atoms with van der Waals surface area (Å²) in [5.41, 5.74) is 4.61. The first kappa shape index (κ1) is 27.7.